The van der Waals surface area contributed by atoms with Crippen molar-refractivity contribution in [2.45, 2.75) is 57.5 Å². The predicted molar refractivity (Wildman–Crippen MR) is 142 cm³/mol. The van der Waals surface area contributed by atoms with Gasteiger partial charge >= 0.3 is 0 Å². The van der Waals surface area contributed by atoms with Crippen molar-refractivity contribution in [1.82, 2.24) is 10.2 Å². The zero-order chi connectivity index (χ0) is 26.2. The van der Waals surface area contributed by atoms with E-state index in [0.717, 1.165) is 36.8 Å². The maximum absolute atomic E-state index is 14.0. The van der Waals surface area contributed by atoms with Gasteiger partial charge in [-0.1, -0.05) is 49.6 Å². The van der Waals surface area contributed by atoms with Crippen LogP contribution in [0.2, 0.25) is 0 Å². The molecule has 0 unspecified atom stereocenters. The first-order valence-electron chi connectivity index (χ1n) is 12.9. The smallest absolute Gasteiger partial charge is 0.290 e. The van der Waals surface area contributed by atoms with Crippen molar-refractivity contribution in [2.75, 3.05) is 20.8 Å². The highest BCUT2D eigenvalue weighted by Gasteiger charge is 2.35. The van der Waals surface area contributed by atoms with E-state index in [4.69, 9.17) is 13.9 Å². The van der Waals surface area contributed by atoms with Crippen LogP contribution in [0.1, 0.15) is 65.4 Å². The lowest BCUT2D eigenvalue weighted by Crippen LogP contribution is -2.47. The number of carbonyl (C=O) groups excluding carboxylic acids is 2. The summed E-state index contributed by atoms with van der Waals surface area (Å²) in [5.74, 6) is 0.711. The second-order valence-corrected chi connectivity index (χ2v) is 9.51. The van der Waals surface area contributed by atoms with Crippen LogP contribution in [0.3, 0.4) is 0 Å². The molecule has 0 saturated heterocycles. The van der Waals surface area contributed by atoms with E-state index in [1.807, 2.05) is 18.2 Å². The number of amides is 2. The van der Waals surface area contributed by atoms with Gasteiger partial charge in [-0.25, -0.2) is 0 Å². The van der Waals surface area contributed by atoms with Gasteiger partial charge in [-0.15, -0.1) is 0 Å². The van der Waals surface area contributed by atoms with Gasteiger partial charge in [0.05, 0.1) is 20.5 Å². The Balaban J connectivity index is 1.73. The van der Waals surface area contributed by atoms with Gasteiger partial charge in [0.25, 0.3) is 5.91 Å². The molecule has 0 aliphatic heterocycles. The third kappa shape index (κ3) is 6.34. The van der Waals surface area contributed by atoms with Crippen LogP contribution in [0.5, 0.6) is 11.5 Å². The Labute approximate surface area is 218 Å². The van der Waals surface area contributed by atoms with E-state index in [9.17, 15) is 9.59 Å². The molecule has 1 saturated carbocycles. The molecular weight excluding hydrogens is 468 g/mol. The molecule has 0 radical (unpaired) electrons. The van der Waals surface area contributed by atoms with Crippen LogP contribution in [0.25, 0.3) is 0 Å². The molecule has 1 heterocycles. The fourth-order valence-corrected chi connectivity index (χ4v) is 5.04. The predicted octanol–water partition coefficient (Wildman–Crippen LogP) is 5.48. The maximum atomic E-state index is 14.0. The second kappa shape index (κ2) is 12.5. The van der Waals surface area contributed by atoms with Crippen molar-refractivity contribution in [3.63, 3.8) is 0 Å². The van der Waals surface area contributed by atoms with Crippen LogP contribution >= 0.6 is 0 Å². The van der Waals surface area contributed by atoms with Crippen molar-refractivity contribution in [3.8, 4) is 11.5 Å². The molecule has 4 rings (SSSR count). The van der Waals surface area contributed by atoms with E-state index in [2.05, 4.69) is 24.4 Å². The maximum Gasteiger partial charge on any atom is 0.290 e. The van der Waals surface area contributed by atoms with Crippen LogP contribution in [0.15, 0.2) is 65.3 Å². The Morgan fingerprint density at radius 2 is 1.76 bits per heavy atom. The molecule has 196 valence electrons. The molecule has 3 aromatic rings. The summed E-state index contributed by atoms with van der Waals surface area (Å²) in [6.07, 6.45) is 7.33. The first-order valence-corrected chi connectivity index (χ1v) is 12.9. The number of nitrogens with one attached hydrogen (secondary N) is 1. The SMILES string of the molecule is COc1ccc([C@H](C(=O)NC2CCCCC2)N(CCc2ccccc2C)C(=O)c2ccco2)cc1OC. The van der Waals surface area contributed by atoms with E-state index in [0.29, 0.717) is 30.0 Å². The van der Waals surface area contributed by atoms with Gasteiger partial charge in [-0.05, 0) is 67.1 Å². The Morgan fingerprint density at radius 3 is 2.43 bits per heavy atom. The normalized spacial score (nSPS) is 14.6. The summed E-state index contributed by atoms with van der Waals surface area (Å²) in [5, 5.41) is 3.24. The topological polar surface area (TPSA) is 81.0 Å². The molecule has 2 aromatic carbocycles. The van der Waals surface area contributed by atoms with Crippen molar-refractivity contribution in [3.05, 3.63) is 83.3 Å². The van der Waals surface area contributed by atoms with Crippen LogP contribution < -0.4 is 14.8 Å². The number of methoxy groups -OCH3 is 2. The molecular formula is C30H36N2O5. The summed E-state index contributed by atoms with van der Waals surface area (Å²) in [6.45, 7) is 2.39. The molecule has 1 fully saturated rings. The third-order valence-electron chi connectivity index (χ3n) is 7.11. The first-order chi connectivity index (χ1) is 18.0. The number of benzene rings is 2. The van der Waals surface area contributed by atoms with Gasteiger partial charge in [0.1, 0.15) is 6.04 Å². The van der Waals surface area contributed by atoms with Gasteiger partial charge in [0.15, 0.2) is 17.3 Å². The Bertz CT molecular complexity index is 1180. The van der Waals surface area contributed by atoms with E-state index < -0.39 is 6.04 Å². The molecule has 2 amide bonds. The standard InChI is InChI=1S/C30H36N2O5/c1-21-10-7-8-11-22(21)17-18-32(30(34)26-14-9-19-37-26)28(29(33)31-24-12-5-4-6-13-24)23-15-16-25(35-2)27(20-23)36-3/h7-11,14-16,19-20,24,28H,4-6,12-13,17-18H2,1-3H3,(H,31,33)/t28-/m1/s1. The van der Waals surface area contributed by atoms with E-state index >= 15 is 0 Å². The number of ether oxygens (including phenoxy) is 2. The molecule has 1 aromatic heterocycles. The number of furan rings is 1. The van der Waals surface area contributed by atoms with Gasteiger partial charge in [-0.2, -0.15) is 0 Å². The Kier molecular flexibility index (Phi) is 8.88. The molecule has 37 heavy (non-hydrogen) atoms. The largest absolute Gasteiger partial charge is 0.493 e. The lowest BCUT2D eigenvalue weighted by molar-refractivity contribution is -0.126. The summed E-state index contributed by atoms with van der Waals surface area (Å²) >= 11 is 0. The molecule has 0 spiro atoms. The summed E-state index contributed by atoms with van der Waals surface area (Å²) in [6, 6.07) is 16.0. The van der Waals surface area contributed by atoms with E-state index in [1.165, 1.54) is 12.7 Å². The number of hydrogen-bond donors (Lipinski definition) is 1. The Hall–Kier alpha value is -3.74. The third-order valence-corrected chi connectivity index (χ3v) is 7.11. The minimum absolute atomic E-state index is 0.0980. The number of nitrogens with zero attached hydrogens (tertiary/aromatic N) is 1. The minimum Gasteiger partial charge on any atom is -0.493 e. The average molecular weight is 505 g/mol. The van der Waals surface area contributed by atoms with Crippen LogP contribution in [0.4, 0.5) is 0 Å². The average Bonchev–Trinajstić information content (AvgIpc) is 3.47. The van der Waals surface area contributed by atoms with Gasteiger partial charge < -0.3 is 24.1 Å². The van der Waals surface area contributed by atoms with Crippen LogP contribution in [-0.2, 0) is 11.2 Å². The summed E-state index contributed by atoms with van der Waals surface area (Å²) in [4.78, 5) is 29.4. The lowest BCUT2D eigenvalue weighted by atomic mass is 9.94. The molecule has 1 aliphatic rings. The molecule has 1 atom stereocenters. The van der Waals surface area contributed by atoms with Gasteiger partial charge in [-0.3, -0.25) is 9.59 Å². The zero-order valence-electron chi connectivity index (χ0n) is 21.9. The molecule has 1 aliphatic carbocycles. The van der Waals surface area contributed by atoms with Gasteiger partial charge in [0, 0.05) is 12.6 Å². The quantitative estimate of drug-likeness (QED) is 0.395. The fourth-order valence-electron chi connectivity index (χ4n) is 5.04. The van der Waals surface area contributed by atoms with Crippen molar-refractivity contribution < 1.29 is 23.5 Å². The number of aryl methyl sites for hydroxylation is 1. The van der Waals surface area contributed by atoms with Crippen LogP contribution in [-0.4, -0.2) is 43.5 Å². The van der Waals surface area contributed by atoms with Crippen molar-refractivity contribution >= 4 is 11.8 Å². The highest BCUT2D eigenvalue weighted by molar-refractivity contribution is 5.96. The second-order valence-electron chi connectivity index (χ2n) is 9.51. The van der Waals surface area contributed by atoms with Gasteiger partial charge in [0.2, 0.25) is 5.91 Å². The summed E-state index contributed by atoms with van der Waals surface area (Å²) < 4.78 is 16.4. The van der Waals surface area contributed by atoms with E-state index in [1.54, 1.807) is 43.4 Å². The molecule has 1 N–H and O–H groups in total. The monoisotopic (exact) mass is 504 g/mol. The van der Waals surface area contributed by atoms with Crippen molar-refractivity contribution in [1.29, 1.82) is 0 Å². The fraction of sp³-hybridized carbons (Fsp3) is 0.400. The summed E-state index contributed by atoms with van der Waals surface area (Å²) in [5.41, 5.74) is 2.91. The highest BCUT2D eigenvalue weighted by Crippen LogP contribution is 2.33. The minimum atomic E-state index is -0.872. The number of carbonyl (C=O) groups is 2. The zero-order valence-corrected chi connectivity index (χ0v) is 21.9. The van der Waals surface area contributed by atoms with E-state index in [-0.39, 0.29) is 23.6 Å². The first kappa shape index (κ1) is 26.3. The highest BCUT2D eigenvalue weighted by atomic mass is 16.5. The number of hydrogen-bond acceptors (Lipinski definition) is 5. The number of rotatable bonds is 10. The molecule has 7 nitrogen and oxygen atoms in total. The Morgan fingerprint density at radius 1 is 1.00 bits per heavy atom. The van der Waals surface area contributed by atoms with Crippen molar-refractivity contribution in [2.24, 2.45) is 0 Å². The lowest BCUT2D eigenvalue weighted by Gasteiger charge is -2.33. The van der Waals surface area contributed by atoms with Crippen LogP contribution in [0, 0.1) is 6.92 Å². The molecule has 0 bridgehead atoms. The molecule has 7 heteroatoms. The summed E-state index contributed by atoms with van der Waals surface area (Å²) in [7, 11) is 3.13.